The van der Waals surface area contributed by atoms with Crippen LogP contribution in [0.5, 0.6) is 0 Å². The molecule has 0 aromatic heterocycles. The summed E-state index contributed by atoms with van der Waals surface area (Å²) in [5.41, 5.74) is 0.00723. The molecule has 5 nitrogen and oxygen atoms in total. The van der Waals surface area contributed by atoms with E-state index in [0.29, 0.717) is 24.9 Å². The van der Waals surface area contributed by atoms with Gasteiger partial charge in [0.1, 0.15) is 6.04 Å². The van der Waals surface area contributed by atoms with Gasteiger partial charge in [-0.3, -0.25) is 4.79 Å². The highest BCUT2D eigenvalue weighted by Crippen LogP contribution is 2.50. The largest absolute Gasteiger partial charge is 0.326 e. The fraction of sp³-hybridized carbons (Fsp3) is 0.824. The van der Waals surface area contributed by atoms with Crippen molar-refractivity contribution < 1.29 is 4.79 Å². The standard InChI is InChI=1S/C17H24N4O/c1-17(7-13-5-12(9-18)6-14(13)8-17)20-11-16(22)21-4-2-3-15(21)10-19/h12-15,20H,2-8,11H2,1H3. The molecule has 3 aliphatic rings. The molecule has 1 aliphatic heterocycles. The number of nitriles is 2. The topological polar surface area (TPSA) is 79.9 Å². The molecular formula is C17H24N4O. The van der Waals surface area contributed by atoms with Crippen LogP contribution in [-0.4, -0.2) is 35.5 Å². The summed E-state index contributed by atoms with van der Waals surface area (Å²) < 4.78 is 0. The number of fused-ring (bicyclic) bond motifs is 1. The SMILES string of the molecule is CC1(NCC(=O)N2CCCC2C#N)CC2CC(C#N)CC2C1. The molecule has 0 aromatic carbocycles. The van der Waals surface area contributed by atoms with E-state index >= 15 is 0 Å². The zero-order valence-corrected chi connectivity index (χ0v) is 13.2. The van der Waals surface area contributed by atoms with Crippen LogP contribution in [0.4, 0.5) is 0 Å². The van der Waals surface area contributed by atoms with Crippen LogP contribution in [0.25, 0.3) is 0 Å². The second-order valence-electron chi connectivity index (χ2n) is 7.51. The molecule has 2 saturated carbocycles. The summed E-state index contributed by atoms with van der Waals surface area (Å²) in [5, 5.41) is 21.6. The molecule has 3 atom stereocenters. The molecule has 3 fully saturated rings. The first-order valence-electron chi connectivity index (χ1n) is 8.38. The van der Waals surface area contributed by atoms with E-state index in [1.807, 2.05) is 0 Å². The van der Waals surface area contributed by atoms with Gasteiger partial charge in [-0.05, 0) is 57.3 Å². The Morgan fingerprint density at radius 3 is 2.55 bits per heavy atom. The molecule has 1 heterocycles. The van der Waals surface area contributed by atoms with Crippen LogP contribution in [0.2, 0.25) is 0 Å². The van der Waals surface area contributed by atoms with E-state index in [2.05, 4.69) is 24.4 Å². The Labute approximate surface area is 132 Å². The van der Waals surface area contributed by atoms with Crippen molar-refractivity contribution in [3.63, 3.8) is 0 Å². The quantitative estimate of drug-likeness (QED) is 0.862. The van der Waals surface area contributed by atoms with Crippen molar-refractivity contribution in [3.8, 4) is 12.1 Å². The van der Waals surface area contributed by atoms with Crippen molar-refractivity contribution in [1.29, 1.82) is 10.5 Å². The first-order chi connectivity index (χ1) is 10.5. The highest BCUT2D eigenvalue weighted by molar-refractivity contribution is 5.79. The van der Waals surface area contributed by atoms with Crippen molar-refractivity contribution in [1.82, 2.24) is 10.2 Å². The predicted octanol–water partition coefficient (Wildman–Crippen LogP) is 1.81. The maximum atomic E-state index is 12.3. The molecule has 2 aliphatic carbocycles. The van der Waals surface area contributed by atoms with Gasteiger partial charge in [0.2, 0.25) is 5.91 Å². The number of nitrogens with one attached hydrogen (secondary N) is 1. The normalized spacial score (nSPS) is 40.2. The molecule has 5 heteroatoms. The Hall–Kier alpha value is -1.59. The Balaban J connectivity index is 1.51. The van der Waals surface area contributed by atoms with Crippen molar-refractivity contribution in [2.45, 2.75) is 57.0 Å². The van der Waals surface area contributed by atoms with Gasteiger partial charge in [-0.2, -0.15) is 10.5 Å². The zero-order valence-electron chi connectivity index (χ0n) is 13.2. The molecule has 1 saturated heterocycles. The fourth-order valence-corrected chi connectivity index (χ4v) is 4.79. The number of hydrogen-bond acceptors (Lipinski definition) is 4. The van der Waals surface area contributed by atoms with Crippen molar-refractivity contribution in [3.05, 3.63) is 0 Å². The smallest absolute Gasteiger partial charge is 0.237 e. The Kier molecular flexibility index (Phi) is 4.10. The zero-order chi connectivity index (χ0) is 15.7. The Morgan fingerprint density at radius 2 is 1.95 bits per heavy atom. The molecule has 0 radical (unpaired) electrons. The molecule has 1 amide bonds. The lowest BCUT2D eigenvalue weighted by atomic mass is 9.93. The van der Waals surface area contributed by atoms with E-state index in [-0.39, 0.29) is 23.4 Å². The number of hydrogen-bond donors (Lipinski definition) is 1. The van der Waals surface area contributed by atoms with Gasteiger partial charge in [-0.15, -0.1) is 0 Å². The third-order valence-corrected chi connectivity index (χ3v) is 5.84. The second-order valence-corrected chi connectivity index (χ2v) is 7.51. The summed E-state index contributed by atoms with van der Waals surface area (Å²) in [4.78, 5) is 14.0. The lowest BCUT2D eigenvalue weighted by molar-refractivity contribution is -0.130. The summed E-state index contributed by atoms with van der Waals surface area (Å²) in [7, 11) is 0. The minimum absolute atomic E-state index is 0.00723. The molecule has 3 rings (SSSR count). The van der Waals surface area contributed by atoms with Crippen molar-refractivity contribution >= 4 is 5.91 Å². The Morgan fingerprint density at radius 1 is 1.27 bits per heavy atom. The van der Waals surface area contributed by atoms with Gasteiger partial charge in [0.15, 0.2) is 0 Å². The number of amides is 1. The number of rotatable bonds is 3. The number of carbonyl (C=O) groups excluding carboxylic acids is 1. The monoisotopic (exact) mass is 300 g/mol. The third-order valence-electron chi connectivity index (χ3n) is 5.84. The van der Waals surface area contributed by atoms with Gasteiger partial charge in [0.25, 0.3) is 0 Å². The number of nitrogens with zero attached hydrogens (tertiary/aromatic N) is 3. The van der Waals surface area contributed by atoms with Crippen LogP contribution < -0.4 is 5.32 Å². The lowest BCUT2D eigenvalue weighted by Gasteiger charge is -2.29. The van der Waals surface area contributed by atoms with Crippen molar-refractivity contribution in [2.75, 3.05) is 13.1 Å². The van der Waals surface area contributed by atoms with Gasteiger partial charge >= 0.3 is 0 Å². The highest BCUT2D eigenvalue weighted by Gasteiger charge is 2.47. The summed E-state index contributed by atoms with van der Waals surface area (Å²) >= 11 is 0. The average molecular weight is 300 g/mol. The van der Waals surface area contributed by atoms with Crippen LogP contribution in [0, 0.1) is 40.4 Å². The first-order valence-corrected chi connectivity index (χ1v) is 8.38. The molecule has 1 N–H and O–H groups in total. The molecule has 0 bridgehead atoms. The van der Waals surface area contributed by atoms with Gasteiger partial charge in [0, 0.05) is 18.0 Å². The van der Waals surface area contributed by atoms with Crippen molar-refractivity contribution in [2.24, 2.45) is 17.8 Å². The van der Waals surface area contributed by atoms with Crippen LogP contribution in [-0.2, 0) is 4.79 Å². The lowest BCUT2D eigenvalue weighted by Crippen LogP contribution is -2.48. The maximum Gasteiger partial charge on any atom is 0.237 e. The first kappa shape index (κ1) is 15.3. The van der Waals surface area contributed by atoms with Gasteiger partial charge < -0.3 is 10.2 Å². The predicted molar refractivity (Wildman–Crippen MR) is 81.3 cm³/mol. The molecule has 118 valence electrons. The van der Waals surface area contributed by atoms with E-state index < -0.39 is 0 Å². The third kappa shape index (κ3) is 2.83. The van der Waals surface area contributed by atoms with Gasteiger partial charge in [-0.25, -0.2) is 0 Å². The summed E-state index contributed by atoms with van der Waals surface area (Å²) in [6.45, 7) is 3.24. The van der Waals surface area contributed by atoms with E-state index in [0.717, 1.165) is 38.5 Å². The van der Waals surface area contributed by atoms with Crippen LogP contribution >= 0.6 is 0 Å². The minimum Gasteiger partial charge on any atom is -0.326 e. The Bertz CT molecular complexity index is 518. The molecule has 3 unspecified atom stereocenters. The second kappa shape index (κ2) is 5.89. The van der Waals surface area contributed by atoms with E-state index in [4.69, 9.17) is 10.5 Å². The minimum atomic E-state index is -0.235. The van der Waals surface area contributed by atoms with E-state index in [9.17, 15) is 4.79 Å². The molecule has 0 aromatic rings. The van der Waals surface area contributed by atoms with Gasteiger partial charge in [0.05, 0.1) is 18.7 Å². The number of likely N-dealkylation sites (tertiary alicyclic amines) is 1. The number of carbonyl (C=O) groups is 1. The average Bonchev–Trinajstić information content (AvgIpc) is 3.17. The molecule has 0 spiro atoms. The maximum absolute atomic E-state index is 12.3. The van der Waals surface area contributed by atoms with E-state index in [1.54, 1.807) is 4.90 Å². The molecular weight excluding hydrogens is 276 g/mol. The van der Waals surface area contributed by atoms with E-state index in [1.165, 1.54) is 0 Å². The fourth-order valence-electron chi connectivity index (χ4n) is 4.79. The van der Waals surface area contributed by atoms with Crippen LogP contribution in [0.3, 0.4) is 0 Å². The summed E-state index contributed by atoms with van der Waals surface area (Å²) in [5.74, 6) is 1.56. The summed E-state index contributed by atoms with van der Waals surface area (Å²) in [6, 6.07) is 4.39. The summed E-state index contributed by atoms with van der Waals surface area (Å²) in [6.07, 6.45) is 5.90. The molecule has 22 heavy (non-hydrogen) atoms. The van der Waals surface area contributed by atoms with Gasteiger partial charge in [-0.1, -0.05) is 0 Å². The van der Waals surface area contributed by atoms with Crippen LogP contribution in [0.15, 0.2) is 0 Å². The van der Waals surface area contributed by atoms with Crippen LogP contribution in [0.1, 0.15) is 45.4 Å². The highest BCUT2D eigenvalue weighted by atomic mass is 16.2.